The monoisotopic (exact) mass is 301 g/mol. The van der Waals surface area contributed by atoms with Crippen molar-refractivity contribution in [1.82, 2.24) is 24.6 Å². The Labute approximate surface area is 133 Å². The lowest BCUT2D eigenvalue weighted by atomic mass is 10.0. The third kappa shape index (κ3) is 2.36. The average Bonchev–Trinajstić information content (AvgIpc) is 2.96. The Morgan fingerprint density at radius 3 is 2.39 bits per heavy atom. The third-order valence-corrected chi connectivity index (χ3v) is 3.78. The maximum absolute atomic E-state index is 4.61. The van der Waals surface area contributed by atoms with Gasteiger partial charge in [0.1, 0.15) is 0 Å². The van der Waals surface area contributed by atoms with Crippen LogP contribution in [0.25, 0.3) is 28.0 Å². The summed E-state index contributed by atoms with van der Waals surface area (Å²) in [7, 11) is 0. The highest BCUT2D eigenvalue weighted by molar-refractivity contribution is 5.81. The molecule has 5 nitrogen and oxygen atoms in total. The molecule has 0 spiro atoms. The van der Waals surface area contributed by atoms with Crippen LogP contribution in [0.5, 0.6) is 0 Å². The fourth-order valence-electron chi connectivity index (χ4n) is 2.68. The Morgan fingerprint density at radius 1 is 0.826 bits per heavy atom. The highest BCUT2D eigenvalue weighted by Crippen LogP contribution is 2.31. The van der Waals surface area contributed by atoms with E-state index >= 15 is 0 Å². The van der Waals surface area contributed by atoms with Gasteiger partial charge < -0.3 is 0 Å². The molecular formula is C18H15N5. The van der Waals surface area contributed by atoms with E-state index in [1.165, 1.54) is 0 Å². The van der Waals surface area contributed by atoms with Crippen molar-refractivity contribution in [3.8, 4) is 22.4 Å². The van der Waals surface area contributed by atoms with Crippen molar-refractivity contribution in [1.29, 1.82) is 0 Å². The molecule has 0 aliphatic rings. The maximum atomic E-state index is 4.61. The smallest absolute Gasteiger partial charge is 0.155 e. The van der Waals surface area contributed by atoms with E-state index in [9.17, 15) is 0 Å². The topological polar surface area (TPSA) is 56.0 Å². The van der Waals surface area contributed by atoms with Gasteiger partial charge in [-0.25, -0.2) is 9.50 Å². The number of nitrogens with zero attached hydrogens (tertiary/aromatic N) is 5. The van der Waals surface area contributed by atoms with E-state index < -0.39 is 0 Å². The highest BCUT2D eigenvalue weighted by Gasteiger charge is 2.14. The van der Waals surface area contributed by atoms with Gasteiger partial charge in [0.2, 0.25) is 0 Å². The van der Waals surface area contributed by atoms with Crippen molar-refractivity contribution in [2.45, 2.75) is 13.8 Å². The van der Waals surface area contributed by atoms with Gasteiger partial charge in [-0.3, -0.25) is 9.97 Å². The molecule has 0 amide bonds. The number of hydrogen-bond acceptors (Lipinski definition) is 4. The number of pyridine rings is 2. The minimum atomic E-state index is 0.830. The van der Waals surface area contributed by atoms with Crippen LogP contribution in [-0.2, 0) is 0 Å². The van der Waals surface area contributed by atoms with Gasteiger partial charge in [0, 0.05) is 47.7 Å². The third-order valence-electron chi connectivity index (χ3n) is 3.78. The van der Waals surface area contributed by atoms with E-state index in [-0.39, 0.29) is 0 Å². The first-order chi connectivity index (χ1) is 11.2. The molecule has 0 saturated heterocycles. The molecule has 0 N–H and O–H groups in total. The quantitative estimate of drug-likeness (QED) is 0.569. The van der Waals surface area contributed by atoms with Crippen LogP contribution in [0.15, 0.2) is 55.1 Å². The first kappa shape index (κ1) is 13.6. The van der Waals surface area contributed by atoms with Crippen LogP contribution in [0.1, 0.15) is 11.4 Å². The highest BCUT2D eigenvalue weighted by atomic mass is 15.3. The van der Waals surface area contributed by atoms with Gasteiger partial charge in [-0.2, -0.15) is 5.10 Å². The number of hydrogen-bond donors (Lipinski definition) is 0. The van der Waals surface area contributed by atoms with Crippen LogP contribution in [0.3, 0.4) is 0 Å². The van der Waals surface area contributed by atoms with Gasteiger partial charge in [-0.15, -0.1) is 0 Å². The summed E-state index contributed by atoms with van der Waals surface area (Å²) in [6.07, 6.45) is 7.34. The minimum absolute atomic E-state index is 0.830. The standard InChI is InChI=1S/C18H15N5/c1-12-3-4-15(10-20-12)18-16(14-5-7-19-8-6-14)11-21-17-9-13(2)22-23(17)18/h3-11H,1-2H3. The molecule has 4 heterocycles. The van der Waals surface area contributed by atoms with Gasteiger partial charge in [-0.05, 0) is 43.7 Å². The number of aryl methyl sites for hydroxylation is 2. The van der Waals surface area contributed by atoms with E-state index in [4.69, 9.17) is 0 Å². The zero-order chi connectivity index (χ0) is 15.8. The summed E-state index contributed by atoms with van der Waals surface area (Å²) in [4.78, 5) is 13.1. The summed E-state index contributed by atoms with van der Waals surface area (Å²) < 4.78 is 1.89. The molecule has 4 rings (SSSR count). The Bertz CT molecular complexity index is 972. The van der Waals surface area contributed by atoms with Gasteiger partial charge in [0.15, 0.2) is 5.65 Å². The molecule has 5 heteroatoms. The van der Waals surface area contributed by atoms with Crippen LogP contribution in [0, 0.1) is 13.8 Å². The Hall–Kier alpha value is -3.08. The normalized spacial score (nSPS) is 11.0. The fraction of sp³-hybridized carbons (Fsp3) is 0.111. The minimum Gasteiger partial charge on any atom is -0.265 e. The first-order valence-corrected chi connectivity index (χ1v) is 7.41. The second kappa shape index (κ2) is 5.28. The first-order valence-electron chi connectivity index (χ1n) is 7.41. The molecule has 112 valence electrons. The van der Waals surface area contributed by atoms with Crippen LogP contribution in [-0.4, -0.2) is 24.6 Å². The molecule has 0 bridgehead atoms. The zero-order valence-corrected chi connectivity index (χ0v) is 12.9. The van der Waals surface area contributed by atoms with E-state index in [2.05, 4.69) is 26.1 Å². The lowest BCUT2D eigenvalue weighted by Gasteiger charge is -2.11. The van der Waals surface area contributed by atoms with E-state index in [0.717, 1.165) is 39.4 Å². The summed E-state index contributed by atoms with van der Waals surface area (Å²) in [5.41, 5.74) is 6.81. The number of aromatic nitrogens is 5. The molecule has 0 unspecified atom stereocenters. The second-order valence-electron chi connectivity index (χ2n) is 5.50. The van der Waals surface area contributed by atoms with Crippen molar-refractivity contribution in [2.75, 3.05) is 0 Å². The van der Waals surface area contributed by atoms with Gasteiger partial charge in [0.25, 0.3) is 0 Å². The molecule has 0 saturated carbocycles. The summed E-state index contributed by atoms with van der Waals surface area (Å²) in [5.74, 6) is 0. The van der Waals surface area contributed by atoms with Crippen molar-refractivity contribution < 1.29 is 0 Å². The maximum Gasteiger partial charge on any atom is 0.155 e. The van der Waals surface area contributed by atoms with Gasteiger partial charge in [0.05, 0.1) is 11.4 Å². The van der Waals surface area contributed by atoms with Gasteiger partial charge in [-0.1, -0.05) is 0 Å². The van der Waals surface area contributed by atoms with E-state index in [1.54, 1.807) is 12.4 Å². The Morgan fingerprint density at radius 2 is 1.65 bits per heavy atom. The molecule has 0 aliphatic heterocycles. The molecule has 0 aromatic carbocycles. The van der Waals surface area contributed by atoms with Crippen LogP contribution in [0.4, 0.5) is 0 Å². The van der Waals surface area contributed by atoms with Crippen molar-refractivity contribution >= 4 is 5.65 Å². The zero-order valence-electron chi connectivity index (χ0n) is 12.9. The van der Waals surface area contributed by atoms with Crippen LogP contribution >= 0.6 is 0 Å². The SMILES string of the molecule is Cc1ccc(-c2c(-c3ccncc3)cnc3cc(C)nn23)cn1. The van der Waals surface area contributed by atoms with E-state index in [0.29, 0.717) is 0 Å². The molecule has 0 radical (unpaired) electrons. The largest absolute Gasteiger partial charge is 0.265 e. The molecule has 4 aromatic heterocycles. The van der Waals surface area contributed by atoms with Crippen molar-refractivity contribution in [3.63, 3.8) is 0 Å². The second-order valence-corrected chi connectivity index (χ2v) is 5.50. The molecular weight excluding hydrogens is 286 g/mol. The molecule has 0 aliphatic carbocycles. The summed E-state index contributed by atoms with van der Waals surface area (Å²) >= 11 is 0. The molecule has 23 heavy (non-hydrogen) atoms. The predicted molar refractivity (Wildman–Crippen MR) is 88.9 cm³/mol. The summed E-state index contributed by atoms with van der Waals surface area (Å²) in [6.45, 7) is 3.95. The number of fused-ring (bicyclic) bond motifs is 1. The average molecular weight is 301 g/mol. The fourth-order valence-corrected chi connectivity index (χ4v) is 2.68. The predicted octanol–water partition coefficient (Wildman–Crippen LogP) is 3.47. The molecule has 0 fully saturated rings. The Kier molecular flexibility index (Phi) is 3.12. The summed E-state index contributed by atoms with van der Waals surface area (Å²) in [6, 6.07) is 10.0. The number of rotatable bonds is 2. The van der Waals surface area contributed by atoms with Gasteiger partial charge >= 0.3 is 0 Å². The molecule has 4 aromatic rings. The molecule has 0 atom stereocenters. The van der Waals surface area contributed by atoms with Crippen molar-refractivity contribution in [2.24, 2.45) is 0 Å². The lowest BCUT2D eigenvalue weighted by Crippen LogP contribution is -2.00. The van der Waals surface area contributed by atoms with Crippen molar-refractivity contribution in [3.05, 3.63) is 66.5 Å². The lowest BCUT2D eigenvalue weighted by molar-refractivity contribution is 0.925. The Balaban J connectivity index is 2.06. The summed E-state index contributed by atoms with van der Waals surface area (Å²) in [5, 5.41) is 4.61. The van der Waals surface area contributed by atoms with Crippen LogP contribution < -0.4 is 0 Å². The van der Waals surface area contributed by atoms with Crippen LogP contribution in [0.2, 0.25) is 0 Å². The van der Waals surface area contributed by atoms with E-state index in [1.807, 2.05) is 55.0 Å².